The van der Waals surface area contributed by atoms with E-state index in [0.717, 1.165) is 16.9 Å². The maximum atomic E-state index is 12.8. The highest BCUT2D eigenvalue weighted by molar-refractivity contribution is 7.16. The maximum Gasteiger partial charge on any atom is 0.242 e. The van der Waals surface area contributed by atoms with E-state index in [1.165, 1.54) is 16.9 Å². The zero-order chi connectivity index (χ0) is 21.4. The van der Waals surface area contributed by atoms with E-state index in [1.54, 1.807) is 28.2 Å². The van der Waals surface area contributed by atoms with Gasteiger partial charge in [-0.3, -0.25) is 9.59 Å². The van der Waals surface area contributed by atoms with Gasteiger partial charge >= 0.3 is 0 Å². The van der Waals surface area contributed by atoms with Crippen LogP contribution in [0.2, 0.25) is 0 Å². The summed E-state index contributed by atoms with van der Waals surface area (Å²) in [7, 11) is 0. The molecule has 2 aliphatic rings. The van der Waals surface area contributed by atoms with Crippen molar-refractivity contribution in [1.29, 1.82) is 5.26 Å². The number of nitriles is 1. The van der Waals surface area contributed by atoms with Crippen molar-refractivity contribution in [3.8, 4) is 6.07 Å². The Balaban J connectivity index is 1.28. The van der Waals surface area contributed by atoms with Crippen LogP contribution in [0.25, 0.3) is 0 Å². The summed E-state index contributed by atoms with van der Waals surface area (Å²) in [5.74, 6) is 0.181. The number of hydrogen-bond donors (Lipinski definition) is 1. The number of carbonyl (C=O) groups excluding carboxylic acids is 2. The quantitative estimate of drug-likeness (QED) is 0.672. The van der Waals surface area contributed by atoms with Gasteiger partial charge < -0.3 is 14.8 Å². The molecule has 1 N–H and O–H groups in total. The van der Waals surface area contributed by atoms with E-state index in [9.17, 15) is 14.9 Å². The lowest BCUT2D eigenvalue weighted by Crippen LogP contribution is -2.37. The average molecular weight is 432 g/mol. The number of rotatable bonds is 5. The topological polar surface area (TPSA) is 91.0 Å². The molecule has 31 heavy (non-hydrogen) atoms. The number of anilines is 1. The van der Waals surface area contributed by atoms with Crippen LogP contribution in [0.1, 0.15) is 33.9 Å². The van der Waals surface area contributed by atoms with Crippen molar-refractivity contribution in [2.75, 3.05) is 11.9 Å². The van der Waals surface area contributed by atoms with Crippen LogP contribution < -0.4 is 5.32 Å². The number of aromatic nitrogens is 2. The van der Waals surface area contributed by atoms with E-state index >= 15 is 0 Å². The van der Waals surface area contributed by atoms with Crippen LogP contribution in [0, 0.1) is 17.2 Å². The lowest BCUT2D eigenvalue weighted by atomic mass is 10.0. The smallest absolute Gasteiger partial charge is 0.242 e. The van der Waals surface area contributed by atoms with Gasteiger partial charge in [0.1, 0.15) is 17.6 Å². The third-order valence-corrected chi connectivity index (χ3v) is 7.12. The SMILES string of the molecule is N#Cc1c(NC(=O)C2CC2c2ccccc2)sc2c1CCN(C(=O)Cn1ccnc1)C2. The molecule has 0 spiro atoms. The second-order valence-corrected chi connectivity index (χ2v) is 9.07. The number of amides is 2. The Bertz CT molecular complexity index is 1160. The second kappa shape index (κ2) is 8.00. The third kappa shape index (κ3) is 3.84. The van der Waals surface area contributed by atoms with E-state index < -0.39 is 0 Å². The number of carbonyl (C=O) groups is 2. The predicted molar refractivity (Wildman–Crippen MR) is 116 cm³/mol. The van der Waals surface area contributed by atoms with Crippen molar-refractivity contribution < 1.29 is 9.59 Å². The summed E-state index contributed by atoms with van der Waals surface area (Å²) in [6.45, 7) is 1.28. The van der Waals surface area contributed by atoms with Crippen molar-refractivity contribution in [3.63, 3.8) is 0 Å². The predicted octanol–water partition coefficient (Wildman–Crippen LogP) is 3.14. The van der Waals surface area contributed by atoms with Crippen LogP contribution in [-0.4, -0.2) is 32.8 Å². The molecule has 156 valence electrons. The molecule has 2 amide bonds. The van der Waals surface area contributed by atoms with Gasteiger partial charge in [-0.05, 0) is 29.9 Å². The van der Waals surface area contributed by atoms with E-state index in [4.69, 9.17) is 0 Å². The van der Waals surface area contributed by atoms with Gasteiger partial charge in [0.05, 0.1) is 18.4 Å². The van der Waals surface area contributed by atoms with Crippen LogP contribution in [-0.2, 0) is 29.1 Å². The Hall–Kier alpha value is -3.44. The molecule has 0 radical (unpaired) electrons. The largest absolute Gasteiger partial charge is 0.336 e. The highest BCUT2D eigenvalue weighted by atomic mass is 32.1. The summed E-state index contributed by atoms with van der Waals surface area (Å²) < 4.78 is 1.75. The summed E-state index contributed by atoms with van der Waals surface area (Å²) in [5.41, 5.74) is 2.69. The van der Waals surface area contributed by atoms with Gasteiger partial charge in [-0.15, -0.1) is 11.3 Å². The maximum absolute atomic E-state index is 12.8. The van der Waals surface area contributed by atoms with E-state index in [1.807, 2.05) is 18.2 Å². The fourth-order valence-corrected chi connectivity index (χ4v) is 5.43. The number of hydrogen-bond acceptors (Lipinski definition) is 5. The van der Waals surface area contributed by atoms with Gasteiger partial charge in [0, 0.05) is 29.7 Å². The molecule has 0 saturated heterocycles. The number of nitrogens with one attached hydrogen (secondary N) is 1. The molecule has 8 heteroatoms. The molecule has 1 saturated carbocycles. The Morgan fingerprint density at radius 3 is 2.87 bits per heavy atom. The minimum atomic E-state index is -0.0543. The molecular formula is C23H21N5O2S. The van der Waals surface area contributed by atoms with Crippen LogP contribution in [0.15, 0.2) is 49.1 Å². The first-order valence-electron chi connectivity index (χ1n) is 10.3. The highest BCUT2D eigenvalue weighted by Crippen LogP contribution is 2.48. The Kier molecular flexibility index (Phi) is 5.04. The number of imidazole rings is 1. The molecular weight excluding hydrogens is 410 g/mol. The molecule has 2 atom stereocenters. The lowest BCUT2D eigenvalue weighted by molar-refractivity contribution is -0.132. The number of nitrogens with zero attached hydrogens (tertiary/aromatic N) is 4. The second-order valence-electron chi connectivity index (χ2n) is 7.97. The Morgan fingerprint density at radius 1 is 1.29 bits per heavy atom. The normalized spacial score (nSPS) is 19.4. The lowest BCUT2D eigenvalue weighted by Gasteiger charge is -2.27. The first-order valence-corrected chi connectivity index (χ1v) is 11.1. The number of benzene rings is 1. The molecule has 1 aliphatic heterocycles. The van der Waals surface area contributed by atoms with Crippen LogP contribution >= 0.6 is 11.3 Å². The minimum absolute atomic E-state index is 0.0184. The van der Waals surface area contributed by atoms with Gasteiger partial charge in [-0.25, -0.2) is 4.98 Å². The highest BCUT2D eigenvalue weighted by Gasteiger charge is 2.44. The molecule has 2 unspecified atom stereocenters. The fraction of sp³-hybridized carbons (Fsp3) is 0.304. The molecule has 2 aromatic heterocycles. The molecule has 5 rings (SSSR count). The zero-order valence-corrected chi connectivity index (χ0v) is 17.6. The van der Waals surface area contributed by atoms with Gasteiger partial charge in [-0.1, -0.05) is 30.3 Å². The van der Waals surface area contributed by atoms with Crippen molar-refractivity contribution in [2.24, 2.45) is 5.92 Å². The summed E-state index contributed by atoms with van der Waals surface area (Å²) in [6.07, 6.45) is 6.49. The van der Waals surface area contributed by atoms with Crippen molar-refractivity contribution >= 4 is 28.2 Å². The molecule has 0 bridgehead atoms. The molecule has 1 aliphatic carbocycles. The van der Waals surface area contributed by atoms with Crippen molar-refractivity contribution in [3.05, 3.63) is 70.6 Å². The van der Waals surface area contributed by atoms with Gasteiger partial charge in [0.15, 0.2) is 0 Å². The summed E-state index contributed by atoms with van der Waals surface area (Å²) >= 11 is 1.42. The fourth-order valence-electron chi connectivity index (χ4n) is 4.22. The van der Waals surface area contributed by atoms with E-state index in [2.05, 4.69) is 28.5 Å². The monoisotopic (exact) mass is 431 g/mol. The number of thiophene rings is 1. The zero-order valence-electron chi connectivity index (χ0n) is 16.8. The number of fused-ring (bicyclic) bond motifs is 1. The van der Waals surface area contributed by atoms with Crippen LogP contribution in [0.3, 0.4) is 0 Å². The Morgan fingerprint density at radius 2 is 2.13 bits per heavy atom. The van der Waals surface area contributed by atoms with Gasteiger partial charge in [-0.2, -0.15) is 5.26 Å². The minimum Gasteiger partial charge on any atom is -0.336 e. The van der Waals surface area contributed by atoms with Gasteiger partial charge in [0.2, 0.25) is 11.8 Å². The Labute approximate surface area is 183 Å². The molecule has 7 nitrogen and oxygen atoms in total. The molecule has 3 aromatic rings. The summed E-state index contributed by atoms with van der Waals surface area (Å²) in [5, 5.41) is 13.3. The molecule has 3 heterocycles. The van der Waals surface area contributed by atoms with Crippen LogP contribution in [0.5, 0.6) is 0 Å². The molecule has 1 fully saturated rings. The van der Waals surface area contributed by atoms with E-state index in [-0.39, 0.29) is 30.2 Å². The van der Waals surface area contributed by atoms with Crippen LogP contribution in [0.4, 0.5) is 5.00 Å². The van der Waals surface area contributed by atoms with Crippen molar-refractivity contribution in [2.45, 2.75) is 31.8 Å². The summed E-state index contributed by atoms with van der Waals surface area (Å²) in [4.78, 5) is 32.2. The third-order valence-electron chi connectivity index (χ3n) is 5.99. The van der Waals surface area contributed by atoms with Crippen molar-refractivity contribution in [1.82, 2.24) is 14.5 Å². The van der Waals surface area contributed by atoms with Gasteiger partial charge in [0.25, 0.3) is 0 Å². The van der Waals surface area contributed by atoms with E-state index in [0.29, 0.717) is 30.1 Å². The standard InChI is InChI=1S/C23H21N5O2S/c24-11-19-16-6-8-28(21(29)13-27-9-7-25-14-27)12-20(16)31-23(19)26-22(30)18-10-17(18)15-4-2-1-3-5-15/h1-5,7,9,14,17-18H,6,8,10,12-13H2,(H,26,30). The first kappa shape index (κ1) is 19.5. The summed E-state index contributed by atoms with van der Waals surface area (Å²) in [6, 6.07) is 12.3. The first-order chi connectivity index (χ1) is 15.1. The average Bonchev–Trinajstić information content (AvgIpc) is 3.29. The molecule has 1 aromatic carbocycles.